The number of carbonyl (C=O) groups is 2. The number of nitrogens with one attached hydrogen (secondary N) is 1. The molecule has 0 saturated carbocycles. The van der Waals surface area contributed by atoms with Gasteiger partial charge in [0, 0.05) is 19.0 Å². The summed E-state index contributed by atoms with van der Waals surface area (Å²) in [6.07, 6.45) is 2.33. The minimum atomic E-state index is -0.614. The van der Waals surface area contributed by atoms with E-state index in [-0.39, 0.29) is 24.1 Å². The molecule has 1 amide bonds. The monoisotopic (exact) mass is 531 g/mol. The third-order valence-electron chi connectivity index (χ3n) is 5.78. The van der Waals surface area contributed by atoms with E-state index in [0.717, 1.165) is 41.5 Å². The molecule has 10 heteroatoms. The fraction of sp³-hybridized carbons (Fsp3) is 0.464. The number of carbonyl (C=O) groups excluding carboxylic acids is 2. The molecule has 0 spiro atoms. The number of hydrogen-bond donors (Lipinski definition) is 1. The molecule has 38 heavy (non-hydrogen) atoms. The number of aryl methyl sites for hydroxylation is 2. The Balaban J connectivity index is 0.000000332. The summed E-state index contributed by atoms with van der Waals surface area (Å²) in [5.74, 6) is 2.03. The van der Waals surface area contributed by atoms with Crippen molar-refractivity contribution in [1.29, 1.82) is 0 Å². The maximum Gasteiger partial charge on any atom is 0.409 e. The third kappa shape index (κ3) is 7.77. The van der Waals surface area contributed by atoms with E-state index in [2.05, 4.69) is 14.8 Å². The van der Waals surface area contributed by atoms with Gasteiger partial charge in [0.25, 0.3) is 0 Å². The summed E-state index contributed by atoms with van der Waals surface area (Å²) >= 11 is 0. The van der Waals surface area contributed by atoms with Crippen molar-refractivity contribution in [3.8, 4) is 34.1 Å². The van der Waals surface area contributed by atoms with Gasteiger partial charge in [-0.2, -0.15) is 0 Å². The van der Waals surface area contributed by atoms with E-state index >= 15 is 0 Å². The van der Waals surface area contributed by atoms with Crippen LogP contribution in [0.1, 0.15) is 37.8 Å². The molecule has 0 heterocycles. The first-order valence-corrected chi connectivity index (χ1v) is 12.2. The lowest BCUT2D eigenvalue weighted by molar-refractivity contribution is -0.152. The number of hydrogen-bond acceptors (Lipinski definition) is 9. The highest BCUT2D eigenvalue weighted by Gasteiger charge is 2.25. The fourth-order valence-corrected chi connectivity index (χ4v) is 4.06. The van der Waals surface area contributed by atoms with Crippen LogP contribution in [0.3, 0.4) is 0 Å². The minimum absolute atomic E-state index is 0.119. The molecular weight excluding hydrogens is 494 g/mol. The van der Waals surface area contributed by atoms with E-state index in [9.17, 15) is 14.4 Å². The van der Waals surface area contributed by atoms with Crippen molar-refractivity contribution in [2.24, 2.45) is 5.92 Å². The first kappa shape index (κ1) is 30.3. The van der Waals surface area contributed by atoms with E-state index in [0.29, 0.717) is 29.4 Å². The standard InChI is InChI=1S/C20H22O5.C8H15NO4/c1-22-16-9-8-14-12(10-15(16)21)6-5-7-13-11-17(23-2)19(24-3)20(25-4)18(13)14;1-6(2)4-7(10)12-5-13-8(11)9-3/h8-11H,5-7H2,1-4H3;6H,4-5H2,1-3H3,(H,9,11). The number of methoxy groups -OCH3 is 4. The van der Waals surface area contributed by atoms with Crippen LogP contribution in [0.4, 0.5) is 4.79 Å². The van der Waals surface area contributed by atoms with Crippen LogP contribution in [0.5, 0.6) is 23.0 Å². The summed E-state index contributed by atoms with van der Waals surface area (Å²) < 4.78 is 30.9. The van der Waals surface area contributed by atoms with Crippen LogP contribution < -0.4 is 29.7 Å². The molecule has 0 radical (unpaired) electrons. The van der Waals surface area contributed by atoms with Crippen LogP contribution in [-0.4, -0.2) is 54.3 Å². The van der Waals surface area contributed by atoms with Gasteiger partial charge in [-0.25, -0.2) is 4.79 Å². The van der Waals surface area contributed by atoms with Crippen LogP contribution in [0.2, 0.25) is 0 Å². The van der Waals surface area contributed by atoms with Crippen LogP contribution >= 0.6 is 0 Å². The second-order valence-corrected chi connectivity index (χ2v) is 8.80. The highest BCUT2D eigenvalue weighted by atomic mass is 16.7. The van der Waals surface area contributed by atoms with Gasteiger partial charge in [0.05, 0.1) is 28.4 Å². The SMILES string of the molecule is CNC(=O)OCOC(=O)CC(C)C.COc1cc2c(c(OC)c1OC)-c1ccc(OC)c(=O)cc1CCC2. The summed E-state index contributed by atoms with van der Waals surface area (Å²) in [6.45, 7) is 3.48. The second kappa shape index (κ2) is 14.7. The molecular formula is C28H37NO9. The van der Waals surface area contributed by atoms with E-state index in [1.54, 1.807) is 33.5 Å². The second-order valence-electron chi connectivity index (χ2n) is 8.80. The van der Waals surface area contributed by atoms with E-state index in [1.165, 1.54) is 14.2 Å². The first-order valence-electron chi connectivity index (χ1n) is 12.2. The van der Waals surface area contributed by atoms with Crippen molar-refractivity contribution in [2.45, 2.75) is 39.5 Å². The topological polar surface area (TPSA) is 119 Å². The number of alkyl carbamates (subject to hydrolysis) is 1. The Morgan fingerprint density at radius 1 is 0.868 bits per heavy atom. The lowest BCUT2D eigenvalue weighted by Crippen LogP contribution is -2.22. The van der Waals surface area contributed by atoms with Gasteiger partial charge in [-0.15, -0.1) is 0 Å². The molecule has 1 N–H and O–H groups in total. The largest absolute Gasteiger partial charge is 0.493 e. The molecule has 3 rings (SSSR count). The molecule has 1 aliphatic carbocycles. The van der Waals surface area contributed by atoms with Gasteiger partial charge in [0.2, 0.25) is 18.0 Å². The molecule has 0 aromatic heterocycles. The van der Waals surface area contributed by atoms with Crippen LogP contribution in [0.25, 0.3) is 11.1 Å². The molecule has 0 atom stereocenters. The van der Waals surface area contributed by atoms with Crippen molar-refractivity contribution in [2.75, 3.05) is 42.3 Å². The van der Waals surface area contributed by atoms with Gasteiger partial charge < -0.3 is 33.7 Å². The third-order valence-corrected chi connectivity index (χ3v) is 5.78. The molecule has 1 aliphatic rings. The zero-order valence-electron chi connectivity index (χ0n) is 23.1. The Morgan fingerprint density at radius 3 is 2.11 bits per heavy atom. The predicted molar refractivity (Wildman–Crippen MR) is 142 cm³/mol. The molecule has 2 aromatic carbocycles. The van der Waals surface area contributed by atoms with Crippen molar-refractivity contribution in [3.05, 3.63) is 45.6 Å². The average molecular weight is 532 g/mol. The lowest BCUT2D eigenvalue weighted by Gasteiger charge is -2.19. The van der Waals surface area contributed by atoms with Gasteiger partial charge >= 0.3 is 12.1 Å². The van der Waals surface area contributed by atoms with Crippen molar-refractivity contribution in [1.82, 2.24) is 5.32 Å². The van der Waals surface area contributed by atoms with Gasteiger partial charge in [-0.1, -0.05) is 19.9 Å². The van der Waals surface area contributed by atoms with E-state index < -0.39 is 6.09 Å². The van der Waals surface area contributed by atoms with Gasteiger partial charge in [-0.05, 0) is 60.1 Å². The molecule has 2 aromatic rings. The molecule has 10 nitrogen and oxygen atoms in total. The highest BCUT2D eigenvalue weighted by Crippen LogP contribution is 2.48. The maximum absolute atomic E-state index is 12.3. The quantitative estimate of drug-likeness (QED) is 0.396. The molecule has 0 fully saturated rings. The van der Waals surface area contributed by atoms with Crippen LogP contribution in [0.15, 0.2) is 29.1 Å². The Hall–Kier alpha value is -3.95. The number of fused-ring (bicyclic) bond motifs is 3. The Bertz CT molecular complexity index is 1180. The van der Waals surface area contributed by atoms with Crippen LogP contribution in [-0.2, 0) is 27.1 Å². The molecule has 0 aliphatic heterocycles. The summed E-state index contributed by atoms with van der Waals surface area (Å²) in [6, 6.07) is 7.30. The Labute approximate surface area is 223 Å². The number of esters is 1. The number of benzene rings is 1. The Kier molecular flexibility index (Phi) is 11.7. The number of rotatable bonds is 8. The summed E-state index contributed by atoms with van der Waals surface area (Å²) in [7, 11) is 7.75. The zero-order chi connectivity index (χ0) is 28.2. The minimum Gasteiger partial charge on any atom is -0.493 e. The zero-order valence-corrected chi connectivity index (χ0v) is 23.1. The maximum atomic E-state index is 12.3. The van der Waals surface area contributed by atoms with Gasteiger partial charge in [0.15, 0.2) is 17.2 Å². The van der Waals surface area contributed by atoms with Gasteiger partial charge in [0.1, 0.15) is 0 Å². The smallest absolute Gasteiger partial charge is 0.409 e. The van der Waals surface area contributed by atoms with Gasteiger partial charge in [-0.3, -0.25) is 9.59 Å². The number of ether oxygens (including phenoxy) is 6. The predicted octanol–water partition coefficient (Wildman–Crippen LogP) is 4.13. The van der Waals surface area contributed by atoms with E-state index in [4.69, 9.17) is 18.9 Å². The van der Waals surface area contributed by atoms with Crippen molar-refractivity contribution in [3.63, 3.8) is 0 Å². The summed E-state index contributed by atoms with van der Waals surface area (Å²) in [4.78, 5) is 33.7. The van der Waals surface area contributed by atoms with Crippen molar-refractivity contribution >= 4 is 12.1 Å². The number of amides is 1. The first-order chi connectivity index (χ1) is 18.2. The molecule has 0 unspecified atom stereocenters. The van der Waals surface area contributed by atoms with Crippen molar-refractivity contribution < 1.29 is 38.0 Å². The molecule has 0 bridgehead atoms. The summed E-state index contributed by atoms with van der Waals surface area (Å²) in [5, 5.41) is 2.23. The Morgan fingerprint density at radius 2 is 1.53 bits per heavy atom. The van der Waals surface area contributed by atoms with E-state index in [1.807, 2.05) is 26.0 Å². The molecule has 208 valence electrons. The van der Waals surface area contributed by atoms with Crippen LogP contribution in [0, 0.1) is 5.92 Å². The average Bonchev–Trinajstić information content (AvgIpc) is 3.15. The summed E-state index contributed by atoms with van der Waals surface area (Å²) in [5.41, 5.74) is 3.89. The molecule has 0 saturated heterocycles. The fourth-order valence-electron chi connectivity index (χ4n) is 4.06. The normalized spacial score (nSPS) is 11.5. The lowest BCUT2D eigenvalue weighted by atomic mass is 9.96. The highest BCUT2D eigenvalue weighted by molar-refractivity contribution is 5.82.